The van der Waals surface area contributed by atoms with Gasteiger partial charge in [-0.25, -0.2) is 0 Å². The molecule has 1 unspecified atom stereocenters. The molecule has 0 fully saturated rings. The third-order valence-corrected chi connectivity index (χ3v) is 5.12. The third kappa shape index (κ3) is 4.63. The number of rotatable bonds is 5. The maximum atomic E-state index is 13.2. The molecule has 1 aliphatic heterocycles. The zero-order chi connectivity index (χ0) is 21.1. The largest absolute Gasteiger partial charge is 0.495 e. The lowest BCUT2D eigenvalue weighted by molar-refractivity contribution is -0.113. The van der Waals surface area contributed by atoms with Crippen molar-refractivity contribution in [3.63, 3.8) is 0 Å². The highest BCUT2D eigenvalue weighted by Crippen LogP contribution is 2.32. The van der Waals surface area contributed by atoms with Gasteiger partial charge < -0.3 is 25.6 Å². The van der Waals surface area contributed by atoms with E-state index >= 15 is 0 Å². The summed E-state index contributed by atoms with van der Waals surface area (Å²) in [6.45, 7) is 1.83. The summed E-state index contributed by atoms with van der Waals surface area (Å²) >= 11 is 11.4. The molecule has 152 valence electrons. The van der Waals surface area contributed by atoms with Crippen LogP contribution in [0.3, 0.4) is 0 Å². The maximum Gasteiger partial charge on any atom is 0.255 e. The Morgan fingerprint density at radius 3 is 2.52 bits per heavy atom. The highest BCUT2D eigenvalue weighted by Gasteiger charge is 2.30. The summed E-state index contributed by atoms with van der Waals surface area (Å²) in [4.78, 5) is 15.2. The molecule has 0 saturated carbocycles. The van der Waals surface area contributed by atoms with E-state index in [4.69, 9.17) is 28.6 Å². The number of hydrogen-bond acceptors (Lipinski definition) is 4. The Morgan fingerprint density at radius 2 is 1.90 bits per heavy atom. The highest BCUT2D eigenvalue weighted by molar-refractivity contribution is 7.80. The van der Waals surface area contributed by atoms with Crippen molar-refractivity contribution in [1.29, 1.82) is 0 Å². The molecule has 3 rings (SSSR count). The van der Waals surface area contributed by atoms with Crippen LogP contribution in [0.2, 0.25) is 5.02 Å². The fraction of sp³-hybridized carbons (Fsp3) is 0.238. The van der Waals surface area contributed by atoms with E-state index in [1.165, 1.54) is 0 Å². The summed E-state index contributed by atoms with van der Waals surface area (Å²) in [6.07, 6.45) is 0. The number of carbonyl (C=O) groups excluding carboxylic acids is 1. The normalized spacial score (nSPS) is 16.0. The van der Waals surface area contributed by atoms with E-state index in [0.717, 1.165) is 11.3 Å². The molecule has 6 nitrogen and oxygen atoms in total. The number of carbonyl (C=O) groups is 1. The van der Waals surface area contributed by atoms with Gasteiger partial charge in [0.2, 0.25) is 0 Å². The number of ether oxygens (including phenoxy) is 1. The van der Waals surface area contributed by atoms with Gasteiger partial charge in [-0.2, -0.15) is 0 Å². The Morgan fingerprint density at radius 1 is 1.21 bits per heavy atom. The van der Waals surface area contributed by atoms with E-state index in [0.29, 0.717) is 32.8 Å². The monoisotopic (exact) mass is 430 g/mol. The molecule has 0 radical (unpaired) electrons. The molecule has 0 aliphatic carbocycles. The number of nitrogens with zero attached hydrogens (tertiary/aromatic N) is 1. The van der Waals surface area contributed by atoms with Crippen molar-refractivity contribution in [1.82, 2.24) is 10.6 Å². The molecular weight excluding hydrogens is 408 g/mol. The number of benzene rings is 2. The van der Waals surface area contributed by atoms with Crippen molar-refractivity contribution in [3.05, 3.63) is 64.3 Å². The van der Waals surface area contributed by atoms with Crippen LogP contribution in [-0.4, -0.2) is 32.2 Å². The SMILES string of the molecule is COc1ccc(Cl)cc1NC(=O)C1=C(C)NC(=S)NC1c1ccc(N(C)C)cc1. The van der Waals surface area contributed by atoms with Crippen molar-refractivity contribution < 1.29 is 9.53 Å². The van der Waals surface area contributed by atoms with Gasteiger partial charge in [0.25, 0.3) is 5.91 Å². The van der Waals surface area contributed by atoms with Gasteiger partial charge in [0.15, 0.2) is 5.11 Å². The smallest absolute Gasteiger partial charge is 0.255 e. The third-order valence-electron chi connectivity index (χ3n) is 4.67. The van der Waals surface area contributed by atoms with Crippen molar-refractivity contribution in [3.8, 4) is 5.75 Å². The number of nitrogens with one attached hydrogen (secondary N) is 3. The molecule has 1 heterocycles. The van der Waals surface area contributed by atoms with E-state index in [2.05, 4.69) is 16.0 Å². The van der Waals surface area contributed by atoms with Gasteiger partial charge >= 0.3 is 0 Å². The fourth-order valence-corrected chi connectivity index (χ4v) is 3.62. The van der Waals surface area contributed by atoms with E-state index in [-0.39, 0.29) is 11.9 Å². The molecule has 2 aromatic rings. The van der Waals surface area contributed by atoms with Crippen LogP contribution in [0.5, 0.6) is 5.75 Å². The Kier molecular flexibility index (Phi) is 6.30. The average Bonchev–Trinajstić information content (AvgIpc) is 2.67. The van der Waals surface area contributed by atoms with E-state index < -0.39 is 0 Å². The summed E-state index contributed by atoms with van der Waals surface area (Å²) < 4.78 is 5.33. The predicted octanol–water partition coefficient (Wildman–Crippen LogP) is 3.85. The van der Waals surface area contributed by atoms with Crippen LogP contribution in [0.4, 0.5) is 11.4 Å². The predicted molar refractivity (Wildman–Crippen MR) is 122 cm³/mol. The lowest BCUT2D eigenvalue weighted by Gasteiger charge is -2.30. The number of amides is 1. The van der Waals surface area contributed by atoms with Gasteiger partial charge in [0.05, 0.1) is 24.4 Å². The van der Waals surface area contributed by atoms with E-state index in [1.54, 1.807) is 25.3 Å². The van der Waals surface area contributed by atoms with E-state index in [1.807, 2.05) is 50.2 Å². The van der Waals surface area contributed by atoms with E-state index in [9.17, 15) is 4.79 Å². The zero-order valence-electron chi connectivity index (χ0n) is 16.7. The number of hydrogen-bond donors (Lipinski definition) is 3. The quantitative estimate of drug-likeness (QED) is 0.626. The van der Waals surface area contributed by atoms with Gasteiger partial charge in [-0.1, -0.05) is 23.7 Å². The molecule has 1 aliphatic rings. The number of thiocarbonyl (C=S) groups is 1. The van der Waals surface area contributed by atoms with Gasteiger partial charge in [0, 0.05) is 30.5 Å². The summed E-state index contributed by atoms with van der Waals surface area (Å²) in [6, 6.07) is 12.7. The minimum atomic E-state index is -0.384. The molecule has 0 bridgehead atoms. The Bertz CT molecular complexity index is 973. The van der Waals surface area contributed by atoms with Crippen LogP contribution in [-0.2, 0) is 4.79 Å². The number of halogens is 1. The number of allylic oxidation sites excluding steroid dienone is 1. The molecule has 1 amide bonds. The van der Waals surface area contributed by atoms with Crippen LogP contribution < -0.4 is 25.6 Å². The topological polar surface area (TPSA) is 65.6 Å². The van der Waals surface area contributed by atoms with Gasteiger partial charge in [0.1, 0.15) is 5.75 Å². The maximum absolute atomic E-state index is 13.2. The molecule has 3 N–H and O–H groups in total. The summed E-state index contributed by atoms with van der Waals surface area (Å²) in [5, 5.41) is 10.1. The first-order valence-corrected chi connectivity index (χ1v) is 9.79. The molecule has 0 saturated heterocycles. The first kappa shape index (κ1) is 21.0. The first-order chi connectivity index (χ1) is 13.8. The molecule has 8 heteroatoms. The van der Waals surface area contributed by atoms with Crippen LogP contribution in [0.15, 0.2) is 53.7 Å². The second-order valence-electron chi connectivity index (χ2n) is 6.85. The minimum absolute atomic E-state index is 0.271. The average molecular weight is 431 g/mol. The summed E-state index contributed by atoms with van der Waals surface area (Å²) in [5.74, 6) is 0.257. The first-order valence-electron chi connectivity index (χ1n) is 9.00. The minimum Gasteiger partial charge on any atom is -0.495 e. The van der Waals surface area contributed by atoms with Crippen molar-refractivity contribution in [2.24, 2.45) is 0 Å². The number of anilines is 2. The lowest BCUT2D eigenvalue weighted by Crippen LogP contribution is -2.45. The van der Waals surface area contributed by atoms with Crippen molar-refractivity contribution >= 4 is 46.2 Å². The second kappa shape index (κ2) is 8.71. The van der Waals surface area contributed by atoms with Gasteiger partial charge in [-0.3, -0.25) is 4.79 Å². The molecule has 0 spiro atoms. The Hall–Kier alpha value is -2.77. The highest BCUT2D eigenvalue weighted by atomic mass is 35.5. The summed E-state index contributed by atoms with van der Waals surface area (Å²) in [5.41, 5.74) is 3.73. The lowest BCUT2D eigenvalue weighted by atomic mass is 9.94. The molecule has 0 aromatic heterocycles. The standard InChI is InChI=1S/C21H23ClN4O2S/c1-12-18(20(27)24-16-11-14(22)7-10-17(16)28-4)19(25-21(29)23-12)13-5-8-15(9-6-13)26(2)3/h5-11,19H,1-4H3,(H,24,27)(H2,23,25,29). The molecular formula is C21H23ClN4O2S. The number of methoxy groups -OCH3 is 1. The van der Waals surface area contributed by atoms with Crippen LogP contribution in [0, 0.1) is 0 Å². The van der Waals surface area contributed by atoms with Crippen LogP contribution >= 0.6 is 23.8 Å². The summed E-state index contributed by atoms with van der Waals surface area (Å²) in [7, 11) is 5.50. The zero-order valence-corrected chi connectivity index (χ0v) is 18.2. The second-order valence-corrected chi connectivity index (χ2v) is 7.70. The van der Waals surface area contributed by atoms with Gasteiger partial charge in [-0.05, 0) is 55.0 Å². The fourth-order valence-electron chi connectivity index (χ4n) is 3.18. The van der Waals surface area contributed by atoms with Crippen LogP contribution in [0.25, 0.3) is 0 Å². The molecule has 1 atom stereocenters. The molecule has 2 aromatic carbocycles. The molecule has 29 heavy (non-hydrogen) atoms. The van der Waals surface area contributed by atoms with Crippen molar-refractivity contribution in [2.75, 3.05) is 31.4 Å². The Labute approximate surface area is 180 Å². The Balaban J connectivity index is 1.95. The van der Waals surface area contributed by atoms with Gasteiger partial charge in [-0.15, -0.1) is 0 Å². The van der Waals surface area contributed by atoms with Crippen molar-refractivity contribution in [2.45, 2.75) is 13.0 Å². The van der Waals surface area contributed by atoms with Crippen LogP contribution in [0.1, 0.15) is 18.5 Å².